The van der Waals surface area contributed by atoms with Crippen LogP contribution in [0.25, 0.3) is 0 Å². The number of aliphatic hydroxyl groups is 1. The molecule has 2 atom stereocenters. The van der Waals surface area contributed by atoms with Gasteiger partial charge < -0.3 is 15.7 Å². The summed E-state index contributed by atoms with van der Waals surface area (Å²) in [6, 6.07) is 7.79. The van der Waals surface area contributed by atoms with E-state index in [1.54, 1.807) is 0 Å². The lowest BCUT2D eigenvalue weighted by molar-refractivity contribution is 0.156. The van der Waals surface area contributed by atoms with Gasteiger partial charge in [0.25, 0.3) is 0 Å². The number of nitrogens with one attached hydrogen (secondary N) is 2. The van der Waals surface area contributed by atoms with Crippen molar-refractivity contribution in [2.75, 3.05) is 11.9 Å². The molecule has 1 aromatic rings. The predicted molar refractivity (Wildman–Crippen MR) is 80.8 cm³/mol. The Bertz CT molecular complexity index is 431. The summed E-state index contributed by atoms with van der Waals surface area (Å²) in [7, 11) is 0. The van der Waals surface area contributed by atoms with Crippen molar-refractivity contribution in [3.05, 3.63) is 29.8 Å². The number of benzene rings is 1. The molecule has 0 bridgehead atoms. The van der Waals surface area contributed by atoms with Crippen LogP contribution < -0.4 is 10.6 Å². The van der Waals surface area contributed by atoms with E-state index in [0.717, 1.165) is 37.8 Å². The van der Waals surface area contributed by atoms with Gasteiger partial charge in [0.1, 0.15) is 0 Å². The minimum absolute atomic E-state index is 0.0867. The Hall–Kier alpha value is -1.55. The van der Waals surface area contributed by atoms with Crippen molar-refractivity contribution in [1.29, 1.82) is 0 Å². The summed E-state index contributed by atoms with van der Waals surface area (Å²) >= 11 is 0. The minimum atomic E-state index is -0.181. The molecule has 2 amide bonds. The number of hydrogen-bond acceptors (Lipinski definition) is 2. The zero-order chi connectivity index (χ0) is 14.4. The highest BCUT2D eigenvalue weighted by Crippen LogP contribution is 2.24. The van der Waals surface area contributed by atoms with E-state index in [9.17, 15) is 9.90 Å². The second kappa shape index (κ2) is 7.29. The molecule has 1 aliphatic carbocycles. The molecule has 3 N–H and O–H groups in total. The van der Waals surface area contributed by atoms with Crippen LogP contribution in [0.3, 0.4) is 0 Å². The number of carbonyl (C=O) groups excluding carboxylic acids is 1. The van der Waals surface area contributed by atoms with E-state index in [-0.39, 0.29) is 24.6 Å². The van der Waals surface area contributed by atoms with E-state index in [4.69, 9.17) is 0 Å². The quantitative estimate of drug-likeness (QED) is 0.792. The van der Waals surface area contributed by atoms with Gasteiger partial charge in [-0.05, 0) is 37.0 Å². The van der Waals surface area contributed by atoms with Crippen LogP contribution in [-0.4, -0.2) is 23.8 Å². The van der Waals surface area contributed by atoms with Crippen molar-refractivity contribution >= 4 is 11.7 Å². The van der Waals surface area contributed by atoms with Gasteiger partial charge >= 0.3 is 6.03 Å². The van der Waals surface area contributed by atoms with Crippen LogP contribution in [0.2, 0.25) is 0 Å². The van der Waals surface area contributed by atoms with Gasteiger partial charge in [-0.1, -0.05) is 31.9 Å². The second-order valence-electron chi connectivity index (χ2n) is 5.48. The third-order valence-corrected chi connectivity index (χ3v) is 4.08. The van der Waals surface area contributed by atoms with Gasteiger partial charge in [-0.3, -0.25) is 0 Å². The lowest BCUT2D eigenvalue weighted by Crippen LogP contribution is -2.45. The Morgan fingerprint density at radius 2 is 1.95 bits per heavy atom. The molecule has 0 radical (unpaired) electrons. The number of urea groups is 1. The molecule has 1 aromatic carbocycles. The zero-order valence-electron chi connectivity index (χ0n) is 12.1. The average Bonchev–Trinajstić information content (AvgIpc) is 2.48. The van der Waals surface area contributed by atoms with Crippen molar-refractivity contribution in [3.8, 4) is 0 Å². The molecule has 2 unspecified atom stereocenters. The van der Waals surface area contributed by atoms with Crippen LogP contribution in [0.15, 0.2) is 24.3 Å². The Morgan fingerprint density at radius 3 is 2.60 bits per heavy atom. The topological polar surface area (TPSA) is 61.4 Å². The SMILES string of the molecule is CCc1ccc(NC(=O)NC2CCCCC2CO)cc1. The molecule has 2 rings (SSSR count). The highest BCUT2D eigenvalue weighted by atomic mass is 16.3. The number of hydrogen-bond donors (Lipinski definition) is 3. The maximum Gasteiger partial charge on any atom is 0.319 e. The first-order valence-electron chi connectivity index (χ1n) is 7.50. The predicted octanol–water partition coefficient (Wildman–Crippen LogP) is 2.92. The van der Waals surface area contributed by atoms with Gasteiger partial charge in [-0.25, -0.2) is 4.79 Å². The molecule has 110 valence electrons. The molecule has 0 aromatic heterocycles. The molecule has 0 spiro atoms. The van der Waals surface area contributed by atoms with Gasteiger partial charge in [0.2, 0.25) is 0 Å². The monoisotopic (exact) mass is 276 g/mol. The summed E-state index contributed by atoms with van der Waals surface area (Å²) in [5.41, 5.74) is 2.06. The van der Waals surface area contributed by atoms with Crippen molar-refractivity contribution in [2.24, 2.45) is 5.92 Å². The van der Waals surface area contributed by atoms with E-state index >= 15 is 0 Å². The first-order valence-corrected chi connectivity index (χ1v) is 7.50. The Morgan fingerprint density at radius 1 is 1.25 bits per heavy atom. The second-order valence-corrected chi connectivity index (χ2v) is 5.48. The van der Waals surface area contributed by atoms with Crippen LogP contribution >= 0.6 is 0 Å². The summed E-state index contributed by atoms with van der Waals surface area (Å²) in [4.78, 5) is 12.0. The van der Waals surface area contributed by atoms with Crippen molar-refractivity contribution in [3.63, 3.8) is 0 Å². The largest absolute Gasteiger partial charge is 0.396 e. The van der Waals surface area contributed by atoms with Crippen LogP contribution in [0, 0.1) is 5.92 Å². The van der Waals surface area contributed by atoms with E-state index in [1.807, 2.05) is 24.3 Å². The van der Waals surface area contributed by atoms with Crippen molar-refractivity contribution in [1.82, 2.24) is 5.32 Å². The molecule has 1 saturated carbocycles. The zero-order valence-corrected chi connectivity index (χ0v) is 12.1. The Kier molecular flexibility index (Phi) is 5.41. The third kappa shape index (κ3) is 3.97. The summed E-state index contributed by atoms with van der Waals surface area (Å²) in [6.07, 6.45) is 5.20. The molecule has 20 heavy (non-hydrogen) atoms. The summed E-state index contributed by atoms with van der Waals surface area (Å²) in [5.74, 6) is 0.192. The lowest BCUT2D eigenvalue weighted by Gasteiger charge is -2.30. The van der Waals surface area contributed by atoms with Gasteiger partial charge in [-0.2, -0.15) is 0 Å². The van der Waals surface area contributed by atoms with Gasteiger partial charge in [0.05, 0.1) is 0 Å². The standard InChI is InChI=1S/C16H24N2O2/c1-2-12-7-9-14(10-8-12)17-16(20)18-15-6-4-3-5-13(15)11-19/h7-10,13,15,19H,2-6,11H2,1H3,(H2,17,18,20). The maximum atomic E-state index is 12.0. The molecular formula is C16H24N2O2. The lowest BCUT2D eigenvalue weighted by atomic mass is 9.85. The highest BCUT2D eigenvalue weighted by Gasteiger charge is 2.25. The molecule has 0 aliphatic heterocycles. The number of rotatable bonds is 4. The maximum absolute atomic E-state index is 12.0. The molecule has 1 fully saturated rings. The number of anilines is 1. The smallest absolute Gasteiger partial charge is 0.319 e. The summed E-state index contributed by atoms with van der Waals surface area (Å²) in [5, 5.41) is 15.2. The van der Waals surface area contributed by atoms with Crippen LogP contribution in [0.4, 0.5) is 10.5 Å². The fraction of sp³-hybridized carbons (Fsp3) is 0.562. The molecule has 0 saturated heterocycles. The van der Waals surface area contributed by atoms with Crippen molar-refractivity contribution in [2.45, 2.75) is 45.1 Å². The molecule has 0 heterocycles. The Balaban J connectivity index is 1.87. The van der Waals surface area contributed by atoms with E-state index in [2.05, 4.69) is 17.6 Å². The van der Waals surface area contributed by atoms with Gasteiger partial charge in [0.15, 0.2) is 0 Å². The average molecular weight is 276 g/mol. The fourth-order valence-corrected chi connectivity index (χ4v) is 2.78. The van der Waals surface area contributed by atoms with Gasteiger partial charge in [0, 0.05) is 24.3 Å². The van der Waals surface area contributed by atoms with Gasteiger partial charge in [-0.15, -0.1) is 0 Å². The molecule has 4 heteroatoms. The van der Waals surface area contributed by atoms with E-state index in [1.165, 1.54) is 5.56 Å². The Labute approximate surface area is 120 Å². The fourth-order valence-electron chi connectivity index (χ4n) is 2.78. The molecular weight excluding hydrogens is 252 g/mol. The number of aryl methyl sites for hydroxylation is 1. The van der Waals surface area contributed by atoms with E-state index < -0.39 is 0 Å². The molecule has 4 nitrogen and oxygen atoms in total. The molecule has 1 aliphatic rings. The first-order chi connectivity index (χ1) is 9.72. The van der Waals surface area contributed by atoms with Crippen LogP contribution in [0.1, 0.15) is 38.2 Å². The normalized spacial score (nSPS) is 22.3. The number of amides is 2. The van der Waals surface area contributed by atoms with Crippen LogP contribution in [-0.2, 0) is 6.42 Å². The number of carbonyl (C=O) groups is 1. The van der Waals surface area contributed by atoms with Crippen LogP contribution in [0.5, 0.6) is 0 Å². The number of aliphatic hydroxyl groups excluding tert-OH is 1. The van der Waals surface area contributed by atoms with E-state index in [0.29, 0.717) is 0 Å². The minimum Gasteiger partial charge on any atom is -0.396 e. The van der Waals surface area contributed by atoms with Crippen molar-refractivity contribution < 1.29 is 9.90 Å². The summed E-state index contributed by atoms with van der Waals surface area (Å²) in [6.45, 7) is 2.25. The highest BCUT2D eigenvalue weighted by molar-refractivity contribution is 5.89. The third-order valence-electron chi connectivity index (χ3n) is 4.08. The summed E-state index contributed by atoms with van der Waals surface area (Å²) < 4.78 is 0. The first kappa shape index (κ1) is 14.9.